The highest BCUT2D eigenvalue weighted by molar-refractivity contribution is 7.91. The number of rotatable bonds is 7. The third-order valence-electron chi connectivity index (χ3n) is 5.08. The van der Waals surface area contributed by atoms with Crippen LogP contribution in [0.1, 0.15) is 23.3 Å². The number of hydrogen-bond acceptors (Lipinski definition) is 6. The highest BCUT2D eigenvalue weighted by Crippen LogP contribution is 2.24. The molecule has 156 valence electrons. The third kappa shape index (κ3) is 5.56. The molecule has 1 aliphatic rings. The molecule has 2 unspecified atom stereocenters. The number of nitrogens with one attached hydrogen (secondary N) is 1. The minimum atomic E-state index is -3.05. The summed E-state index contributed by atoms with van der Waals surface area (Å²) in [5.74, 6) is 0.508. The number of sulfone groups is 1. The maximum Gasteiger partial charge on any atom is 0.242 e. The molecule has 7 nitrogen and oxygen atoms in total. The van der Waals surface area contributed by atoms with Gasteiger partial charge in [-0.25, -0.2) is 8.42 Å². The minimum absolute atomic E-state index is 0.0398. The maximum absolute atomic E-state index is 13.0. The van der Waals surface area contributed by atoms with Crippen LogP contribution in [0.4, 0.5) is 0 Å². The number of carbonyl (C=O) groups is 1. The van der Waals surface area contributed by atoms with Crippen LogP contribution in [0.3, 0.4) is 0 Å². The predicted octanol–water partition coefficient (Wildman–Crippen LogP) is 1.32. The largest absolute Gasteiger partial charge is 0.497 e. The van der Waals surface area contributed by atoms with Crippen LogP contribution in [0, 0.1) is 0 Å². The third-order valence-corrected chi connectivity index (χ3v) is 6.69. The van der Waals surface area contributed by atoms with Crippen molar-refractivity contribution in [2.24, 2.45) is 0 Å². The molecule has 1 fully saturated rings. The van der Waals surface area contributed by atoms with E-state index in [9.17, 15) is 18.3 Å². The molecule has 0 bridgehead atoms. The van der Waals surface area contributed by atoms with E-state index in [1.54, 1.807) is 31.4 Å². The number of nitrogens with zero attached hydrogens (tertiary/aromatic N) is 1. The van der Waals surface area contributed by atoms with Crippen molar-refractivity contribution < 1.29 is 23.1 Å². The molecule has 0 spiro atoms. The lowest BCUT2D eigenvalue weighted by atomic mass is 10.0. The Hall–Kier alpha value is -2.42. The van der Waals surface area contributed by atoms with Crippen molar-refractivity contribution in [2.45, 2.75) is 12.1 Å². The topological polar surface area (TPSA) is 95.9 Å². The van der Waals surface area contributed by atoms with Crippen LogP contribution in [-0.2, 0) is 14.6 Å². The molecule has 8 heteroatoms. The van der Waals surface area contributed by atoms with Gasteiger partial charge in [0.1, 0.15) is 11.8 Å². The van der Waals surface area contributed by atoms with Crippen LogP contribution in [0.2, 0.25) is 0 Å². The van der Waals surface area contributed by atoms with Crippen molar-refractivity contribution in [3.8, 4) is 5.75 Å². The molecule has 0 radical (unpaired) electrons. The summed E-state index contributed by atoms with van der Waals surface area (Å²) in [6.45, 7) is 0.660. The zero-order chi connectivity index (χ0) is 20.9. The number of amides is 1. The fraction of sp³-hybridized carbons (Fsp3) is 0.381. The summed E-state index contributed by atoms with van der Waals surface area (Å²) < 4.78 is 28.7. The number of aliphatic hydroxyl groups excluding tert-OH is 1. The first kappa shape index (κ1) is 21.3. The molecule has 0 aliphatic carbocycles. The zero-order valence-electron chi connectivity index (χ0n) is 16.3. The number of carbonyl (C=O) groups excluding carboxylic acids is 1. The molecule has 29 heavy (non-hydrogen) atoms. The summed E-state index contributed by atoms with van der Waals surface area (Å²) in [4.78, 5) is 14.9. The van der Waals surface area contributed by atoms with Crippen LogP contribution in [0.5, 0.6) is 5.75 Å². The van der Waals surface area contributed by atoms with E-state index in [0.29, 0.717) is 24.4 Å². The first-order chi connectivity index (χ1) is 13.9. The summed E-state index contributed by atoms with van der Waals surface area (Å²) in [7, 11) is -1.48. The van der Waals surface area contributed by atoms with E-state index in [1.807, 2.05) is 35.2 Å². The summed E-state index contributed by atoms with van der Waals surface area (Å²) >= 11 is 0. The Labute approximate surface area is 171 Å². The van der Waals surface area contributed by atoms with Gasteiger partial charge in [0.25, 0.3) is 0 Å². The van der Waals surface area contributed by atoms with E-state index in [2.05, 4.69) is 5.32 Å². The fourth-order valence-corrected chi connectivity index (χ4v) is 4.62. The van der Waals surface area contributed by atoms with Gasteiger partial charge in [-0.2, -0.15) is 0 Å². The lowest BCUT2D eigenvalue weighted by molar-refractivity contribution is -0.127. The number of aliphatic hydroxyl groups is 1. The van der Waals surface area contributed by atoms with E-state index in [0.717, 1.165) is 5.56 Å². The fourth-order valence-electron chi connectivity index (χ4n) is 3.39. The lowest BCUT2D eigenvalue weighted by Gasteiger charge is -2.34. The smallest absolute Gasteiger partial charge is 0.242 e. The Morgan fingerprint density at radius 3 is 2.28 bits per heavy atom. The average Bonchev–Trinajstić information content (AvgIpc) is 2.74. The molecular formula is C21H26N2O5S. The Morgan fingerprint density at radius 1 is 1.07 bits per heavy atom. The Kier molecular flexibility index (Phi) is 6.89. The van der Waals surface area contributed by atoms with Crippen molar-refractivity contribution in [1.82, 2.24) is 10.2 Å². The molecule has 2 aromatic carbocycles. The van der Waals surface area contributed by atoms with Crippen molar-refractivity contribution in [3.63, 3.8) is 0 Å². The highest BCUT2D eigenvalue weighted by atomic mass is 32.2. The van der Waals surface area contributed by atoms with Crippen LogP contribution in [-0.4, -0.2) is 62.6 Å². The predicted molar refractivity (Wildman–Crippen MR) is 110 cm³/mol. The second-order valence-electron chi connectivity index (χ2n) is 7.04. The molecule has 1 heterocycles. The maximum atomic E-state index is 13.0. The Morgan fingerprint density at radius 2 is 1.69 bits per heavy atom. The molecule has 2 atom stereocenters. The van der Waals surface area contributed by atoms with E-state index < -0.39 is 22.0 Å². The second-order valence-corrected chi connectivity index (χ2v) is 9.34. The van der Waals surface area contributed by atoms with Crippen LogP contribution in [0.25, 0.3) is 0 Å². The van der Waals surface area contributed by atoms with E-state index in [-0.39, 0.29) is 24.0 Å². The summed E-state index contributed by atoms with van der Waals surface area (Å²) in [5.41, 5.74) is 1.47. The standard InChI is InChI=1S/C21H26N2O5S/c1-28-18-9-7-16(8-10-18)19(24)15-22-21(25)20(17-5-3-2-4-6-17)23-11-13-29(26,27)14-12-23/h2-10,19-20,24H,11-15H2,1H3,(H,22,25). The molecule has 3 rings (SSSR count). The summed E-state index contributed by atoms with van der Waals surface area (Å²) in [5, 5.41) is 13.2. The monoisotopic (exact) mass is 418 g/mol. The van der Waals surface area contributed by atoms with Crippen molar-refractivity contribution >= 4 is 15.7 Å². The van der Waals surface area contributed by atoms with Gasteiger partial charge in [-0.3, -0.25) is 9.69 Å². The van der Waals surface area contributed by atoms with Gasteiger partial charge in [0, 0.05) is 19.6 Å². The van der Waals surface area contributed by atoms with E-state index in [1.165, 1.54) is 0 Å². The van der Waals surface area contributed by atoms with Crippen LogP contribution < -0.4 is 10.1 Å². The molecule has 0 saturated carbocycles. The highest BCUT2D eigenvalue weighted by Gasteiger charge is 2.32. The van der Waals surface area contributed by atoms with Crippen molar-refractivity contribution in [1.29, 1.82) is 0 Å². The van der Waals surface area contributed by atoms with Gasteiger partial charge in [-0.15, -0.1) is 0 Å². The number of benzene rings is 2. The Bertz CT molecular complexity index is 902. The second kappa shape index (κ2) is 9.39. The van der Waals surface area contributed by atoms with Crippen LogP contribution in [0.15, 0.2) is 54.6 Å². The average molecular weight is 419 g/mol. The van der Waals surface area contributed by atoms with Crippen molar-refractivity contribution in [3.05, 3.63) is 65.7 Å². The number of ether oxygens (including phenoxy) is 1. The molecule has 1 aliphatic heterocycles. The first-order valence-corrected chi connectivity index (χ1v) is 11.3. The molecular weight excluding hydrogens is 392 g/mol. The SMILES string of the molecule is COc1ccc(C(O)CNC(=O)C(c2ccccc2)N2CCS(=O)(=O)CC2)cc1. The number of methoxy groups -OCH3 is 1. The molecule has 2 aromatic rings. The summed E-state index contributed by atoms with van der Waals surface area (Å²) in [6.07, 6.45) is -0.858. The van der Waals surface area contributed by atoms with Gasteiger partial charge in [0.15, 0.2) is 9.84 Å². The Balaban J connectivity index is 1.69. The molecule has 1 amide bonds. The van der Waals surface area contributed by atoms with Gasteiger partial charge in [0.2, 0.25) is 5.91 Å². The minimum Gasteiger partial charge on any atom is -0.497 e. The molecule has 1 saturated heterocycles. The molecule has 0 aromatic heterocycles. The van der Waals surface area contributed by atoms with Crippen molar-refractivity contribution in [2.75, 3.05) is 38.2 Å². The quantitative estimate of drug-likeness (QED) is 0.704. The van der Waals surface area contributed by atoms with Gasteiger partial charge in [0.05, 0.1) is 24.7 Å². The number of hydrogen-bond donors (Lipinski definition) is 2. The van der Waals surface area contributed by atoms with Crippen LogP contribution >= 0.6 is 0 Å². The zero-order valence-corrected chi connectivity index (χ0v) is 17.1. The van der Waals surface area contributed by atoms with E-state index in [4.69, 9.17) is 4.74 Å². The summed E-state index contributed by atoms with van der Waals surface area (Å²) in [6, 6.07) is 15.7. The first-order valence-electron chi connectivity index (χ1n) is 9.49. The molecule has 2 N–H and O–H groups in total. The van der Waals surface area contributed by atoms with E-state index >= 15 is 0 Å². The van der Waals surface area contributed by atoms with Gasteiger partial charge >= 0.3 is 0 Å². The van der Waals surface area contributed by atoms with Gasteiger partial charge in [-0.05, 0) is 23.3 Å². The normalized spacial score (nSPS) is 18.6. The lowest BCUT2D eigenvalue weighted by Crippen LogP contribution is -2.48. The van der Waals surface area contributed by atoms with Gasteiger partial charge in [-0.1, -0.05) is 42.5 Å². The van der Waals surface area contributed by atoms with Gasteiger partial charge < -0.3 is 15.2 Å².